The maximum Gasteiger partial charge on any atom is 0.325 e. The molecule has 0 aliphatic carbocycles. The van der Waals surface area contributed by atoms with Gasteiger partial charge < -0.3 is 10.6 Å². The Balaban J connectivity index is 2.20. The summed E-state index contributed by atoms with van der Waals surface area (Å²) >= 11 is 0. The van der Waals surface area contributed by atoms with Gasteiger partial charge in [-0.3, -0.25) is 14.5 Å². The standard InChI is InChI=1S/C15H18FN3O3/c1-9(2)17-12(20)8-19-13(21)15(3,18-14(19)22)10-4-6-11(16)7-5-10/h4-7,9H,8H2,1-3H3,(H,17,20)(H,18,22). The first-order chi connectivity index (χ1) is 10.2. The van der Waals surface area contributed by atoms with Gasteiger partial charge in [0.15, 0.2) is 0 Å². The van der Waals surface area contributed by atoms with Gasteiger partial charge in [0, 0.05) is 6.04 Å². The van der Waals surface area contributed by atoms with Crippen LogP contribution < -0.4 is 10.6 Å². The van der Waals surface area contributed by atoms with Crippen LogP contribution in [0.2, 0.25) is 0 Å². The van der Waals surface area contributed by atoms with Crippen molar-refractivity contribution in [1.29, 1.82) is 0 Å². The normalized spacial score (nSPS) is 21.2. The zero-order chi connectivity index (χ0) is 16.5. The van der Waals surface area contributed by atoms with Gasteiger partial charge in [0.05, 0.1) is 0 Å². The van der Waals surface area contributed by atoms with E-state index in [0.29, 0.717) is 5.56 Å². The Kier molecular flexibility index (Phi) is 4.16. The molecular formula is C15H18FN3O3. The summed E-state index contributed by atoms with van der Waals surface area (Å²) < 4.78 is 13.0. The highest BCUT2D eigenvalue weighted by Gasteiger charge is 2.49. The number of carbonyl (C=O) groups excluding carboxylic acids is 3. The first kappa shape index (κ1) is 15.9. The average Bonchev–Trinajstić information content (AvgIpc) is 2.63. The van der Waals surface area contributed by atoms with E-state index in [0.717, 1.165) is 4.90 Å². The fraction of sp³-hybridized carbons (Fsp3) is 0.400. The van der Waals surface area contributed by atoms with Crippen molar-refractivity contribution >= 4 is 17.8 Å². The van der Waals surface area contributed by atoms with Crippen molar-refractivity contribution in [3.05, 3.63) is 35.6 Å². The van der Waals surface area contributed by atoms with Crippen LogP contribution >= 0.6 is 0 Å². The van der Waals surface area contributed by atoms with Crippen LogP contribution in [-0.4, -0.2) is 35.3 Å². The number of carbonyl (C=O) groups is 3. The van der Waals surface area contributed by atoms with Crippen LogP contribution in [0.15, 0.2) is 24.3 Å². The van der Waals surface area contributed by atoms with Crippen LogP contribution in [-0.2, 0) is 15.1 Å². The van der Waals surface area contributed by atoms with Crippen molar-refractivity contribution in [2.45, 2.75) is 32.4 Å². The van der Waals surface area contributed by atoms with E-state index in [-0.39, 0.29) is 12.6 Å². The Morgan fingerprint density at radius 3 is 2.45 bits per heavy atom. The summed E-state index contributed by atoms with van der Waals surface area (Å²) in [6.45, 7) is 4.75. The number of amides is 4. The number of benzene rings is 1. The first-order valence-corrected chi connectivity index (χ1v) is 6.93. The van der Waals surface area contributed by atoms with Gasteiger partial charge in [-0.05, 0) is 38.5 Å². The van der Waals surface area contributed by atoms with Crippen LogP contribution in [0.5, 0.6) is 0 Å². The molecule has 2 N–H and O–H groups in total. The molecule has 1 unspecified atom stereocenters. The van der Waals surface area contributed by atoms with E-state index >= 15 is 0 Å². The lowest BCUT2D eigenvalue weighted by molar-refractivity contribution is -0.135. The van der Waals surface area contributed by atoms with E-state index in [2.05, 4.69) is 10.6 Å². The van der Waals surface area contributed by atoms with Gasteiger partial charge in [-0.15, -0.1) is 0 Å². The highest BCUT2D eigenvalue weighted by atomic mass is 19.1. The minimum atomic E-state index is -1.30. The Hall–Kier alpha value is -2.44. The van der Waals surface area contributed by atoms with Gasteiger partial charge in [-0.25, -0.2) is 9.18 Å². The molecule has 2 rings (SSSR count). The molecule has 0 bridgehead atoms. The molecule has 7 heteroatoms. The lowest BCUT2D eigenvalue weighted by atomic mass is 9.92. The summed E-state index contributed by atoms with van der Waals surface area (Å²) in [6.07, 6.45) is 0. The number of hydrogen-bond acceptors (Lipinski definition) is 3. The second-order valence-corrected chi connectivity index (χ2v) is 5.68. The lowest BCUT2D eigenvalue weighted by Gasteiger charge is -2.22. The predicted octanol–water partition coefficient (Wildman–Crippen LogP) is 1.12. The molecule has 1 aliphatic heterocycles. The van der Waals surface area contributed by atoms with Crippen LogP contribution in [0.25, 0.3) is 0 Å². The van der Waals surface area contributed by atoms with Crippen molar-refractivity contribution < 1.29 is 18.8 Å². The molecule has 0 saturated carbocycles. The van der Waals surface area contributed by atoms with E-state index in [1.807, 2.05) is 0 Å². The third kappa shape index (κ3) is 2.93. The van der Waals surface area contributed by atoms with E-state index in [9.17, 15) is 18.8 Å². The monoisotopic (exact) mass is 307 g/mol. The molecule has 0 aromatic heterocycles. The quantitative estimate of drug-likeness (QED) is 0.818. The summed E-state index contributed by atoms with van der Waals surface area (Å²) in [5, 5.41) is 5.18. The molecule has 1 aliphatic rings. The lowest BCUT2D eigenvalue weighted by Crippen LogP contribution is -2.44. The van der Waals surface area contributed by atoms with Crippen molar-refractivity contribution in [3.8, 4) is 0 Å². The predicted molar refractivity (Wildman–Crippen MR) is 77.3 cm³/mol. The summed E-state index contributed by atoms with van der Waals surface area (Å²) in [5.74, 6) is -1.39. The highest BCUT2D eigenvalue weighted by Crippen LogP contribution is 2.28. The van der Waals surface area contributed by atoms with Crippen molar-refractivity contribution in [2.75, 3.05) is 6.54 Å². The molecule has 1 fully saturated rings. The molecule has 6 nitrogen and oxygen atoms in total. The minimum absolute atomic E-state index is 0.0863. The Morgan fingerprint density at radius 2 is 1.91 bits per heavy atom. The van der Waals surface area contributed by atoms with Gasteiger partial charge in [0.2, 0.25) is 5.91 Å². The molecule has 1 aromatic rings. The molecular weight excluding hydrogens is 289 g/mol. The molecule has 1 atom stereocenters. The van der Waals surface area contributed by atoms with Gasteiger partial charge >= 0.3 is 6.03 Å². The maximum atomic E-state index is 13.0. The van der Waals surface area contributed by atoms with Crippen molar-refractivity contribution in [1.82, 2.24) is 15.5 Å². The molecule has 1 aromatic carbocycles. The topological polar surface area (TPSA) is 78.5 Å². The largest absolute Gasteiger partial charge is 0.352 e. The van der Waals surface area contributed by atoms with E-state index in [1.165, 1.54) is 31.2 Å². The number of hydrogen-bond donors (Lipinski definition) is 2. The number of halogens is 1. The smallest absolute Gasteiger partial charge is 0.325 e. The Bertz CT molecular complexity index is 615. The number of nitrogens with one attached hydrogen (secondary N) is 2. The van der Waals surface area contributed by atoms with E-state index < -0.39 is 29.2 Å². The second-order valence-electron chi connectivity index (χ2n) is 5.68. The van der Waals surface area contributed by atoms with Crippen LogP contribution in [0, 0.1) is 5.82 Å². The number of rotatable bonds is 4. The SMILES string of the molecule is CC(C)NC(=O)CN1C(=O)NC(C)(c2ccc(F)cc2)C1=O. The summed E-state index contributed by atoms with van der Waals surface area (Å²) in [4.78, 5) is 37.1. The molecule has 22 heavy (non-hydrogen) atoms. The minimum Gasteiger partial charge on any atom is -0.352 e. The fourth-order valence-corrected chi connectivity index (χ4v) is 2.33. The van der Waals surface area contributed by atoms with Crippen molar-refractivity contribution in [3.63, 3.8) is 0 Å². The number of imide groups is 1. The average molecular weight is 307 g/mol. The first-order valence-electron chi connectivity index (χ1n) is 6.93. The van der Waals surface area contributed by atoms with Crippen LogP contribution in [0.1, 0.15) is 26.3 Å². The summed E-state index contributed by atoms with van der Waals surface area (Å²) in [5.41, 5.74) is -0.845. The molecule has 1 saturated heterocycles. The van der Waals surface area contributed by atoms with Gasteiger partial charge in [0.1, 0.15) is 17.9 Å². The Morgan fingerprint density at radius 1 is 1.32 bits per heavy atom. The van der Waals surface area contributed by atoms with Gasteiger partial charge in [-0.1, -0.05) is 12.1 Å². The highest BCUT2D eigenvalue weighted by molar-refractivity contribution is 6.09. The zero-order valence-corrected chi connectivity index (χ0v) is 12.6. The molecule has 1 heterocycles. The maximum absolute atomic E-state index is 13.0. The number of nitrogens with zero attached hydrogens (tertiary/aromatic N) is 1. The molecule has 118 valence electrons. The Labute approximate surface area is 127 Å². The van der Waals surface area contributed by atoms with Gasteiger partial charge in [0.25, 0.3) is 5.91 Å². The van der Waals surface area contributed by atoms with E-state index in [4.69, 9.17) is 0 Å². The second kappa shape index (κ2) is 5.75. The van der Waals surface area contributed by atoms with E-state index in [1.54, 1.807) is 13.8 Å². The van der Waals surface area contributed by atoms with Crippen molar-refractivity contribution in [2.24, 2.45) is 0 Å². The molecule has 0 spiro atoms. The number of urea groups is 1. The third-order valence-electron chi connectivity index (χ3n) is 3.45. The third-order valence-corrected chi connectivity index (χ3v) is 3.45. The summed E-state index contributed by atoms with van der Waals surface area (Å²) in [6, 6.07) is 4.58. The molecule has 4 amide bonds. The molecule has 0 radical (unpaired) electrons. The summed E-state index contributed by atoms with van der Waals surface area (Å²) in [7, 11) is 0. The zero-order valence-electron chi connectivity index (χ0n) is 12.6. The van der Waals surface area contributed by atoms with Crippen LogP contribution in [0.3, 0.4) is 0 Å². The van der Waals surface area contributed by atoms with Gasteiger partial charge in [-0.2, -0.15) is 0 Å². The van der Waals surface area contributed by atoms with Crippen LogP contribution in [0.4, 0.5) is 9.18 Å². The fourth-order valence-electron chi connectivity index (χ4n) is 2.33.